The van der Waals surface area contributed by atoms with Crippen LogP contribution in [-0.2, 0) is 10.9 Å². The third-order valence-corrected chi connectivity index (χ3v) is 6.48. The van der Waals surface area contributed by atoms with E-state index in [9.17, 15) is 0 Å². The van der Waals surface area contributed by atoms with Gasteiger partial charge in [0, 0.05) is 16.3 Å². The second kappa shape index (κ2) is 6.53. The summed E-state index contributed by atoms with van der Waals surface area (Å²) in [4.78, 5) is 1.50. The number of hydrogen-bond acceptors (Lipinski definition) is 1. The molecule has 1 heterocycles. The Morgan fingerprint density at radius 1 is 1.05 bits per heavy atom. The van der Waals surface area contributed by atoms with Gasteiger partial charge in [-0.15, -0.1) is 0 Å². The Morgan fingerprint density at radius 3 is 2.65 bits per heavy atom. The molecular weight excluding hydrogens is 264 g/mol. The first-order valence-corrected chi connectivity index (χ1v) is 9.28. The van der Waals surface area contributed by atoms with Crippen molar-refractivity contribution in [1.29, 1.82) is 0 Å². The lowest BCUT2D eigenvalue weighted by Crippen LogP contribution is -2.08. The molecule has 2 heteroatoms. The summed E-state index contributed by atoms with van der Waals surface area (Å²) in [5.74, 6) is 3.83. The molecule has 3 rings (SSSR count). The normalized spacial score (nSPS) is 15.8. The summed E-state index contributed by atoms with van der Waals surface area (Å²) < 4.78 is 6.11. The maximum Gasteiger partial charge on any atom is 0.204 e. The van der Waals surface area contributed by atoms with Gasteiger partial charge in [0.15, 0.2) is 5.75 Å². The van der Waals surface area contributed by atoms with Gasteiger partial charge in [-0.1, -0.05) is 37.6 Å². The molecule has 0 aliphatic carbocycles. The Balaban J connectivity index is 2.01. The molecule has 0 radical (unpaired) electrons. The summed E-state index contributed by atoms with van der Waals surface area (Å²) in [6.45, 7) is 3.06. The summed E-state index contributed by atoms with van der Waals surface area (Å²) in [5, 5.41) is 2.76. The van der Waals surface area contributed by atoms with Crippen LogP contribution in [0.5, 0.6) is 5.75 Å². The minimum absolute atomic E-state index is 0.393. The van der Waals surface area contributed by atoms with Gasteiger partial charge in [-0.25, -0.2) is 0 Å². The van der Waals surface area contributed by atoms with Crippen LogP contribution < -0.4 is 4.74 Å². The zero-order chi connectivity index (χ0) is 13.8. The van der Waals surface area contributed by atoms with Crippen molar-refractivity contribution in [2.24, 2.45) is 0 Å². The largest absolute Gasteiger partial charge is 0.488 e. The predicted molar refractivity (Wildman–Crippen MR) is 89.0 cm³/mol. The van der Waals surface area contributed by atoms with Gasteiger partial charge >= 0.3 is 0 Å². The molecular formula is C18H23OS+. The Bertz CT molecular complexity index is 573. The zero-order valence-electron chi connectivity index (χ0n) is 12.2. The second-order valence-corrected chi connectivity index (χ2v) is 7.63. The first kappa shape index (κ1) is 13.8. The van der Waals surface area contributed by atoms with Crippen molar-refractivity contribution in [2.45, 2.75) is 37.5 Å². The van der Waals surface area contributed by atoms with Crippen molar-refractivity contribution in [3.05, 3.63) is 36.4 Å². The molecule has 20 heavy (non-hydrogen) atoms. The molecule has 2 aromatic carbocycles. The van der Waals surface area contributed by atoms with E-state index in [2.05, 4.69) is 43.3 Å². The number of ether oxygens (including phenoxy) is 1. The third-order valence-electron chi connectivity index (χ3n) is 3.92. The van der Waals surface area contributed by atoms with E-state index in [4.69, 9.17) is 4.74 Å². The maximum absolute atomic E-state index is 6.11. The van der Waals surface area contributed by atoms with Crippen molar-refractivity contribution in [3.8, 4) is 5.75 Å². The molecule has 1 fully saturated rings. The highest BCUT2D eigenvalue weighted by Gasteiger charge is 2.32. The first-order valence-electron chi connectivity index (χ1n) is 7.72. The molecule has 1 saturated heterocycles. The van der Waals surface area contributed by atoms with E-state index in [0.717, 1.165) is 18.8 Å². The van der Waals surface area contributed by atoms with Gasteiger partial charge in [0.05, 0.1) is 6.61 Å². The van der Waals surface area contributed by atoms with Gasteiger partial charge in [0.2, 0.25) is 4.90 Å². The summed E-state index contributed by atoms with van der Waals surface area (Å²) in [7, 11) is 0.393. The molecule has 0 atom stereocenters. The average Bonchev–Trinajstić information content (AvgIpc) is 3.01. The van der Waals surface area contributed by atoms with Gasteiger partial charge in [-0.05, 0) is 36.8 Å². The molecule has 1 aliphatic rings. The monoisotopic (exact) mass is 287 g/mol. The minimum atomic E-state index is 0.393. The Kier molecular flexibility index (Phi) is 4.51. The lowest BCUT2D eigenvalue weighted by atomic mass is 10.1. The summed E-state index contributed by atoms with van der Waals surface area (Å²) in [5.41, 5.74) is 0. The van der Waals surface area contributed by atoms with Crippen LogP contribution in [0.2, 0.25) is 0 Å². The molecule has 1 aliphatic heterocycles. The second-order valence-electron chi connectivity index (χ2n) is 5.42. The molecule has 0 spiro atoms. The molecule has 0 saturated carbocycles. The lowest BCUT2D eigenvalue weighted by molar-refractivity contribution is 0.303. The van der Waals surface area contributed by atoms with E-state index in [1.54, 1.807) is 0 Å². The van der Waals surface area contributed by atoms with Crippen molar-refractivity contribution in [2.75, 3.05) is 18.1 Å². The van der Waals surface area contributed by atoms with Crippen LogP contribution in [0, 0.1) is 0 Å². The fourth-order valence-corrected chi connectivity index (χ4v) is 5.45. The van der Waals surface area contributed by atoms with E-state index >= 15 is 0 Å². The fraction of sp³-hybridized carbons (Fsp3) is 0.444. The molecule has 0 aromatic heterocycles. The smallest absolute Gasteiger partial charge is 0.204 e. The van der Waals surface area contributed by atoms with Crippen LogP contribution in [-0.4, -0.2) is 18.1 Å². The third kappa shape index (κ3) is 2.80. The molecule has 0 unspecified atom stereocenters. The van der Waals surface area contributed by atoms with Gasteiger partial charge in [0.25, 0.3) is 0 Å². The first-order chi connectivity index (χ1) is 9.90. The highest BCUT2D eigenvalue weighted by atomic mass is 32.2. The van der Waals surface area contributed by atoms with Crippen LogP contribution in [0.3, 0.4) is 0 Å². The summed E-state index contributed by atoms with van der Waals surface area (Å²) in [6.07, 6.45) is 5.08. The summed E-state index contributed by atoms with van der Waals surface area (Å²) in [6, 6.07) is 13.2. The standard InChI is InChI=1S/C18H23OS/c1-2-3-12-19-17-11-10-15-8-4-5-9-16(15)18(17)20-13-6-7-14-20/h4-5,8-11H,2-3,6-7,12-14H2,1H3/q+1. The van der Waals surface area contributed by atoms with Crippen LogP contribution in [0.25, 0.3) is 10.8 Å². The van der Waals surface area contributed by atoms with Crippen LogP contribution in [0.15, 0.2) is 41.3 Å². The molecule has 1 nitrogen and oxygen atoms in total. The fourth-order valence-electron chi connectivity index (χ4n) is 2.82. The van der Waals surface area contributed by atoms with E-state index in [1.165, 1.54) is 46.4 Å². The molecule has 0 bridgehead atoms. The molecule has 106 valence electrons. The zero-order valence-corrected chi connectivity index (χ0v) is 13.0. The topological polar surface area (TPSA) is 9.23 Å². The van der Waals surface area contributed by atoms with Gasteiger partial charge in [-0.2, -0.15) is 0 Å². The van der Waals surface area contributed by atoms with E-state index < -0.39 is 0 Å². The number of hydrogen-bond donors (Lipinski definition) is 0. The van der Waals surface area contributed by atoms with Crippen LogP contribution in [0.1, 0.15) is 32.6 Å². The number of fused-ring (bicyclic) bond motifs is 1. The van der Waals surface area contributed by atoms with Crippen LogP contribution in [0.4, 0.5) is 0 Å². The Hall–Kier alpha value is -1.15. The number of unbranched alkanes of at least 4 members (excludes halogenated alkanes) is 1. The molecule has 0 amide bonds. The van der Waals surface area contributed by atoms with Gasteiger partial charge in [-0.3, -0.25) is 0 Å². The van der Waals surface area contributed by atoms with Crippen LogP contribution >= 0.6 is 0 Å². The SMILES string of the molecule is CCCCOc1ccc2ccccc2c1[S+]1CCCC1. The van der Waals surface area contributed by atoms with E-state index in [-0.39, 0.29) is 0 Å². The van der Waals surface area contributed by atoms with Crippen molar-refractivity contribution >= 4 is 21.7 Å². The minimum Gasteiger partial charge on any atom is -0.488 e. The highest BCUT2D eigenvalue weighted by Crippen LogP contribution is 2.37. The quantitative estimate of drug-likeness (QED) is 0.567. The molecule has 0 N–H and O–H groups in total. The Labute approximate surface area is 124 Å². The van der Waals surface area contributed by atoms with Gasteiger partial charge in [0.1, 0.15) is 11.5 Å². The molecule has 2 aromatic rings. The van der Waals surface area contributed by atoms with E-state index in [1.807, 2.05) is 0 Å². The van der Waals surface area contributed by atoms with Gasteiger partial charge < -0.3 is 4.74 Å². The summed E-state index contributed by atoms with van der Waals surface area (Å²) >= 11 is 0. The number of benzene rings is 2. The average molecular weight is 287 g/mol. The van der Waals surface area contributed by atoms with Crippen molar-refractivity contribution in [1.82, 2.24) is 0 Å². The van der Waals surface area contributed by atoms with Crippen molar-refractivity contribution in [3.63, 3.8) is 0 Å². The van der Waals surface area contributed by atoms with Crippen molar-refractivity contribution < 1.29 is 4.74 Å². The number of rotatable bonds is 5. The van der Waals surface area contributed by atoms with E-state index in [0.29, 0.717) is 10.9 Å². The maximum atomic E-state index is 6.11. The Morgan fingerprint density at radius 2 is 1.85 bits per heavy atom. The predicted octanol–water partition coefficient (Wildman–Crippen LogP) is 4.79. The lowest BCUT2D eigenvalue weighted by Gasteiger charge is -2.12. The highest BCUT2D eigenvalue weighted by molar-refractivity contribution is 7.97.